The average Bonchev–Trinajstić information content (AvgIpc) is 2.88. The van der Waals surface area contributed by atoms with E-state index in [0.717, 1.165) is 11.3 Å². The van der Waals surface area contributed by atoms with Crippen LogP contribution in [0.1, 0.15) is 30.7 Å². The molecule has 158 valence electrons. The van der Waals surface area contributed by atoms with Crippen molar-refractivity contribution in [2.24, 2.45) is 13.0 Å². The smallest absolute Gasteiger partial charge is 0.236 e. The number of hydrogen-bond acceptors (Lipinski definition) is 4. The first-order chi connectivity index (χ1) is 13.8. The summed E-state index contributed by atoms with van der Waals surface area (Å²) in [7, 11) is 1.90. The summed E-state index contributed by atoms with van der Waals surface area (Å²) in [6, 6.07) is 6.66. The highest BCUT2D eigenvalue weighted by Gasteiger charge is 2.29. The quantitative estimate of drug-likeness (QED) is 0.715. The number of carbonyl (C=O) groups is 1. The van der Waals surface area contributed by atoms with Crippen LogP contribution in [0.25, 0.3) is 0 Å². The Morgan fingerprint density at radius 1 is 1.24 bits per heavy atom. The molecule has 0 radical (unpaired) electrons. The summed E-state index contributed by atoms with van der Waals surface area (Å²) >= 11 is 0. The molecular formula is C22H31FN4O2. The van der Waals surface area contributed by atoms with Gasteiger partial charge >= 0.3 is 0 Å². The normalized spacial score (nSPS) is 18.5. The average molecular weight is 403 g/mol. The van der Waals surface area contributed by atoms with Crippen LogP contribution < -0.4 is 0 Å². The van der Waals surface area contributed by atoms with Crippen LogP contribution in [-0.2, 0) is 29.7 Å². The molecule has 29 heavy (non-hydrogen) atoms. The minimum absolute atomic E-state index is 0.109. The third kappa shape index (κ3) is 5.87. The van der Waals surface area contributed by atoms with Gasteiger partial charge in [-0.15, -0.1) is 0 Å². The molecule has 1 atom stereocenters. The van der Waals surface area contributed by atoms with Gasteiger partial charge in [-0.25, -0.2) is 4.39 Å². The first kappa shape index (κ1) is 21.5. The fraction of sp³-hybridized carbons (Fsp3) is 0.545. The molecule has 1 aliphatic heterocycles. The Hall–Kier alpha value is -2.25. The van der Waals surface area contributed by atoms with Crippen LogP contribution >= 0.6 is 0 Å². The van der Waals surface area contributed by atoms with Crippen LogP contribution in [0.5, 0.6) is 0 Å². The molecule has 2 aromatic rings. The third-order valence-electron chi connectivity index (χ3n) is 5.12. The monoisotopic (exact) mass is 402 g/mol. The fourth-order valence-corrected chi connectivity index (χ4v) is 3.76. The molecule has 1 unspecified atom stereocenters. The second-order valence-corrected chi connectivity index (χ2v) is 8.30. The molecular weight excluding hydrogens is 371 g/mol. The maximum atomic E-state index is 14.0. The van der Waals surface area contributed by atoms with Crippen molar-refractivity contribution in [3.8, 4) is 0 Å². The van der Waals surface area contributed by atoms with Crippen molar-refractivity contribution < 1.29 is 13.9 Å². The van der Waals surface area contributed by atoms with Crippen LogP contribution in [0, 0.1) is 18.7 Å². The molecule has 0 aliphatic carbocycles. The highest BCUT2D eigenvalue weighted by atomic mass is 19.1. The lowest BCUT2D eigenvalue weighted by molar-refractivity contribution is -0.132. The van der Waals surface area contributed by atoms with Gasteiger partial charge in [0.25, 0.3) is 0 Å². The van der Waals surface area contributed by atoms with E-state index in [2.05, 4.69) is 23.8 Å². The van der Waals surface area contributed by atoms with Gasteiger partial charge in [0.2, 0.25) is 5.91 Å². The fourth-order valence-electron chi connectivity index (χ4n) is 3.76. The lowest BCUT2D eigenvalue weighted by atomic mass is 10.2. The number of benzene rings is 1. The minimum Gasteiger partial charge on any atom is -0.370 e. The van der Waals surface area contributed by atoms with E-state index in [9.17, 15) is 9.18 Å². The van der Waals surface area contributed by atoms with E-state index in [1.54, 1.807) is 22.9 Å². The predicted octanol–water partition coefficient (Wildman–Crippen LogP) is 2.75. The Kier molecular flexibility index (Phi) is 7.03. The van der Waals surface area contributed by atoms with Crippen LogP contribution in [0.3, 0.4) is 0 Å². The Bertz CT molecular complexity index is 836. The summed E-state index contributed by atoms with van der Waals surface area (Å²) in [5.41, 5.74) is 2.60. The Morgan fingerprint density at radius 3 is 2.66 bits per heavy atom. The molecule has 2 heterocycles. The number of carbonyl (C=O) groups excluding carboxylic acids is 1. The second kappa shape index (κ2) is 9.50. The predicted molar refractivity (Wildman–Crippen MR) is 110 cm³/mol. The second-order valence-electron chi connectivity index (χ2n) is 8.30. The van der Waals surface area contributed by atoms with Gasteiger partial charge in [-0.3, -0.25) is 14.4 Å². The zero-order valence-electron chi connectivity index (χ0n) is 17.8. The molecule has 0 N–H and O–H groups in total. The molecule has 1 aromatic carbocycles. The van der Waals surface area contributed by atoms with E-state index >= 15 is 0 Å². The van der Waals surface area contributed by atoms with Gasteiger partial charge in [-0.05, 0) is 18.9 Å². The molecule has 0 bridgehead atoms. The maximum absolute atomic E-state index is 14.0. The summed E-state index contributed by atoms with van der Waals surface area (Å²) in [6.07, 6.45) is 1.81. The highest BCUT2D eigenvalue weighted by molar-refractivity contribution is 5.78. The molecule has 0 spiro atoms. The van der Waals surface area contributed by atoms with Gasteiger partial charge < -0.3 is 9.64 Å². The van der Waals surface area contributed by atoms with Gasteiger partial charge in [0, 0.05) is 50.6 Å². The van der Waals surface area contributed by atoms with Crippen molar-refractivity contribution in [1.29, 1.82) is 0 Å². The van der Waals surface area contributed by atoms with Crippen molar-refractivity contribution in [3.63, 3.8) is 0 Å². The highest BCUT2D eigenvalue weighted by Crippen LogP contribution is 2.17. The number of aryl methyl sites for hydroxylation is 2. The SMILES string of the molecule is Cc1nn(C)cc1CN1CC(=O)N(CC(C)C)CC(OCc2ccccc2F)C1. The lowest BCUT2D eigenvalue weighted by Gasteiger charge is -2.26. The number of hydrogen-bond donors (Lipinski definition) is 0. The molecule has 3 rings (SSSR count). The molecule has 1 amide bonds. The van der Waals surface area contributed by atoms with Gasteiger partial charge in [0.1, 0.15) is 5.82 Å². The molecule has 1 fully saturated rings. The van der Waals surface area contributed by atoms with Crippen LogP contribution in [-0.4, -0.2) is 57.8 Å². The molecule has 6 nitrogen and oxygen atoms in total. The molecule has 0 saturated carbocycles. The molecule has 1 aromatic heterocycles. The van der Waals surface area contributed by atoms with E-state index in [0.29, 0.717) is 44.2 Å². The number of amides is 1. The number of nitrogens with zero attached hydrogens (tertiary/aromatic N) is 4. The summed E-state index contributed by atoms with van der Waals surface area (Å²) in [4.78, 5) is 16.9. The number of rotatable bonds is 7. The molecule has 1 aliphatic rings. The summed E-state index contributed by atoms with van der Waals surface area (Å²) in [5, 5.41) is 4.40. The largest absolute Gasteiger partial charge is 0.370 e. The first-order valence-electron chi connectivity index (χ1n) is 10.2. The van der Waals surface area contributed by atoms with Gasteiger partial charge in [-0.1, -0.05) is 32.0 Å². The van der Waals surface area contributed by atoms with Crippen molar-refractivity contribution in [2.75, 3.05) is 26.2 Å². The summed E-state index contributed by atoms with van der Waals surface area (Å²) in [5.74, 6) is 0.217. The summed E-state index contributed by atoms with van der Waals surface area (Å²) < 4.78 is 21.9. The van der Waals surface area contributed by atoms with Crippen molar-refractivity contribution >= 4 is 5.91 Å². The van der Waals surface area contributed by atoms with Crippen molar-refractivity contribution in [1.82, 2.24) is 19.6 Å². The lowest BCUT2D eigenvalue weighted by Crippen LogP contribution is -2.40. The Balaban J connectivity index is 1.73. The maximum Gasteiger partial charge on any atom is 0.236 e. The van der Waals surface area contributed by atoms with Crippen LogP contribution in [0.15, 0.2) is 30.5 Å². The Labute approximate surface area is 172 Å². The minimum atomic E-state index is -0.265. The standard InChI is InChI=1S/C22H31FN4O2/c1-16(2)9-27-13-20(29-15-18-7-5-6-8-21(18)23)12-26(14-22(27)28)11-19-10-25(4)24-17(19)3/h5-8,10,16,20H,9,11-15H2,1-4H3. The number of aromatic nitrogens is 2. The van der Waals surface area contributed by atoms with Crippen molar-refractivity contribution in [3.05, 3.63) is 53.1 Å². The van der Waals surface area contributed by atoms with E-state index in [1.807, 2.05) is 25.1 Å². The van der Waals surface area contributed by atoms with E-state index < -0.39 is 0 Å². The third-order valence-corrected chi connectivity index (χ3v) is 5.12. The van der Waals surface area contributed by atoms with Gasteiger partial charge in [0.05, 0.1) is 24.9 Å². The first-order valence-corrected chi connectivity index (χ1v) is 10.2. The molecule has 1 saturated heterocycles. The summed E-state index contributed by atoms with van der Waals surface area (Å²) in [6.45, 7) is 9.19. The van der Waals surface area contributed by atoms with E-state index in [-0.39, 0.29) is 24.4 Å². The number of halogens is 1. The zero-order chi connectivity index (χ0) is 21.0. The molecule has 7 heteroatoms. The van der Waals surface area contributed by atoms with E-state index in [4.69, 9.17) is 4.74 Å². The van der Waals surface area contributed by atoms with Crippen molar-refractivity contribution in [2.45, 2.75) is 40.0 Å². The van der Waals surface area contributed by atoms with E-state index in [1.165, 1.54) is 6.07 Å². The van der Waals surface area contributed by atoms with Crippen LogP contribution in [0.4, 0.5) is 4.39 Å². The van der Waals surface area contributed by atoms with Gasteiger partial charge in [-0.2, -0.15) is 5.10 Å². The number of ether oxygens (including phenoxy) is 1. The van der Waals surface area contributed by atoms with Gasteiger partial charge in [0.15, 0.2) is 0 Å². The topological polar surface area (TPSA) is 50.6 Å². The zero-order valence-corrected chi connectivity index (χ0v) is 17.8. The van der Waals surface area contributed by atoms with Crippen LogP contribution in [0.2, 0.25) is 0 Å². The Morgan fingerprint density at radius 2 is 2.00 bits per heavy atom.